The zero-order valence-electron chi connectivity index (χ0n) is 15.4. The van der Waals surface area contributed by atoms with E-state index in [1.54, 1.807) is 13.3 Å². The minimum absolute atomic E-state index is 0.257. The van der Waals surface area contributed by atoms with Gasteiger partial charge in [0.15, 0.2) is 5.82 Å². The number of para-hydroxylation sites is 1. The molecule has 0 saturated carbocycles. The SMILES string of the molecule is CCN(c1ccccc1)c1cnc(C(=O)NCc2ccc(OC)cc2)cn1. The zero-order valence-corrected chi connectivity index (χ0v) is 15.4. The van der Waals surface area contributed by atoms with Crippen LogP contribution in [0.4, 0.5) is 11.5 Å². The molecular weight excluding hydrogens is 340 g/mol. The van der Waals surface area contributed by atoms with Crippen LogP contribution in [0.1, 0.15) is 23.0 Å². The molecule has 6 nitrogen and oxygen atoms in total. The van der Waals surface area contributed by atoms with Crippen LogP contribution in [0.2, 0.25) is 0 Å². The van der Waals surface area contributed by atoms with Gasteiger partial charge < -0.3 is 15.0 Å². The van der Waals surface area contributed by atoms with E-state index in [1.165, 1.54) is 6.20 Å². The average molecular weight is 362 g/mol. The molecule has 6 heteroatoms. The van der Waals surface area contributed by atoms with E-state index in [1.807, 2.05) is 66.4 Å². The lowest BCUT2D eigenvalue weighted by Gasteiger charge is -2.21. The molecule has 0 saturated heterocycles. The summed E-state index contributed by atoms with van der Waals surface area (Å²) in [6.45, 7) is 3.21. The highest BCUT2D eigenvalue weighted by molar-refractivity contribution is 5.92. The summed E-state index contributed by atoms with van der Waals surface area (Å²) < 4.78 is 5.13. The van der Waals surface area contributed by atoms with E-state index >= 15 is 0 Å². The largest absolute Gasteiger partial charge is 0.497 e. The Bertz CT molecular complexity index is 865. The average Bonchev–Trinajstić information content (AvgIpc) is 2.74. The van der Waals surface area contributed by atoms with Crippen LogP contribution in [0.3, 0.4) is 0 Å². The molecule has 0 bridgehead atoms. The summed E-state index contributed by atoms with van der Waals surface area (Å²) in [6.07, 6.45) is 3.13. The number of nitrogens with one attached hydrogen (secondary N) is 1. The second kappa shape index (κ2) is 8.80. The molecule has 0 aliphatic heterocycles. The Labute approximate surface area is 158 Å². The van der Waals surface area contributed by atoms with Gasteiger partial charge in [-0.25, -0.2) is 9.97 Å². The molecule has 138 valence electrons. The monoisotopic (exact) mass is 362 g/mol. The first-order valence-electron chi connectivity index (χ1n) is 8.77. The maximum Gasteiger partial charge on any atom is 0.271 e. The summed E-state index contributed by atoms with van der Waals surface area (Å²) in [5, 5.41) is 2.85. The Morgan fingerprint density at radius 1 is 1.04 bits per heavy atom. The van der Waals surface area contributed by atoms with Gasteiger partial charge >= 0.3 is 0 Å². The van der Waals surface area contributed by atoms with Crippen molar-refractivity contribution in [3.05, 3.63) is 78.2 Å². The summed E-state index contributed by atoms with van der Waals surface area (Å²) in [7, 11) is 1.62. The van der Waals surface area contributed by atoms with E-state index < -0.39 is 0 Å². The molecule has 1 heterocycles. The van der Waals surface area contributed by atoms with Gasteiger partial charge in [-0.3, -0.25) is 4.79 Å². The zero-order chi connectivity index (χ0) is 19.1. The van der Waals surface area contributed by atoms with Crippen LogP contribution in [0.15, 0.2) is 67.0 Å². The number of carbonyl (C=O) groups is 1. The van der Waals surface area contributed by atoms with Gasteiger partial charge in [-0.1, -0.05) is 30.3 Å². The Morgan fingerprint density at radius 3 is 2.37 bits per heavy atom. The Kier molecular flexibility index (Phi) is 5.99. The maximum absolute atomic E-state index is 12.3. The summed E-state index contributed by atoms with van der Waals surface area (Å²) >= 11 is 0. The molecule has 0 aliphatic carbocycles. The number of aromatic nitrogens is 2. The van der Waals surface area contributed by atoms with Crippen molar-refractivity contribution in [2.75, 3.05) is 18.6 Å². The molecule has 0 atom stereocenters. The molecule has 2 aromatic carbocycles. The van der Waals surface area contributed by atoms with Gasteiger partial charge in [-0.2, -0.15) is 0 Å². The van der Waals surface area contributed by atoms with Gasteiger partial charge in [0, 0.05) is 18.8 Å². The van der Waals surface area contributed by atoms with Crippen LogP contribution in [-0.4, -0.2) is 29.5 Å². The lowest BCUT2D eigenvalue weighted by atomic mass is 10.2. The third kappa shape index (κ3) is 4.61. The molecule has 3 rings (SSSR count). The van der Waals surface area contributed by atoms with E-state index in [0.717, 1.165) is 23.5 Å². The van der Waals surface area contributed by atoms with Crippen LogP contribution in [-0.2, 0) is 6.54 Å². The van der Waals surface area contributed by atoms with E-state index in [0.29, 0.717) is 12.4 Å². The fourth-order valence-electron chi connectivity index (χ4n) is 2.68. The summed E-state index contributed by atoms with van der Waals surface area (Å²) in [6, 6.07) is 17.5. The Morgan fingerprint density at radius 2 is 1.78 bits per heavy atom. The minimum atomic E-state index is -0.257. The predicted molar refractivity (Wildman–Crippen MR) is 105 cm³/mol. The van der Waals surface area contributed by atoms with Gasteiger partial charge in [0.2, 0.25) is 0 Å². The van der Waals surface area contributed by atoms with Crippen molar-refractivity contribution in [3.8, 4) is 5.75 Å². The van der Waals surface area contributed by atoms with Crippen molar-refractivity contribution >= 4 is 17.4 Å². The van der Waals surface area contributed by atoms with E-state index in [9.17, 15) is 4.79 Å². The van der Waals surface area contributed by atoms with Crippen LogP contribution in [0, 0.1) is 0 Å². The quantitative estimate of drug-likeness (QED) is 0.696. The number of hydrogen-bond acceptors (Lipinski definition) is 5. The van der Waals surface area contributed by atoms with Crippen molar-refractivity contribution in [2.45, 2.75) is 13.5 Å². The summed E-state index contributed by atoms with van der Waals surface area (Å²) in [4.78, 5) is 23.0. The molecule has 0 aliphatic rings. The lowest BCUT2D eigenvalue weighted by Crippen LogP contribution is -2.24. The van der Waals surface area contributed by atoms with Crippen molar-refractivity contribution in [1.82, 2.24) is 15.3 Å². The van der Waals surface area contributed by atoms with Crippen LogP contribution >= 0.6 is 0 Å². The number of benzene rings is 2. The first-order valence-corrected chi connectivity index (χ1v) is 8.77. The van der Waals surface area contributed by atoms with Crippen molar-refractivity contribution < 1.29 is 9.53 Å². The molecule has 1 amide bonds. The van der Waals surface area contributed by atoms with E-state index in [4.69, 9.17) is 4.74 Å². The summed E-state index contributed by atoms with van der Waals surface area (Å²) in [5.74, 6) is 1.23. The van der Waals surface area contributed by atoms with Crippen LogP contribution in [0.25, 0.3) is 0 Å². The van der Waals surface area contributed by atoms with Gasteiger partial charge in [0.1, 0.15) is 11.4 Å². The molecule has 3 aromatic rings. The Balaban J connectivity index is 1.64. The number of rotatable bonds is 7. The molecule has 0 spiro atoms. The standard InChI is InChI=1S/C21H22N4O2/c1-3-25(17-7-5-4-6-8-17)20-15-22-19(14-23-20)21(26)24-13-16-9-11-18(27-2)12-10-16/h4-12,14-15H,3,13H2,1-2H3,(H,24,26). The smallest absolute Gasteiger partial charge is 0.271 e. The second-order valence-corrected chi connectivity index (χ2v) is 5.87. The molecule has 1 N–H and O–H groups in total. The number of carbonyl (C=O) groups excluding carboxylic acids is 1. The third-order valence-electron chi connectivity index (χ3n) is 4.14. The van der Waals surface area contributed by atoms with Crippen LogP contribution < -0.4 is 15.0 Å². The molecule has 0 unspecified atom stereocenters. The van der Waals surface area contributed by atoms with Gasteiger partial charge in [0.05, 0.1) is 19.5 Å². The highest BCUT2D eigenvalue weighted by Gasteiger charge is 2.12. The van der Waals surface area contributed by atoms with E-state index in [2.05, 4.69) is 15.3 Å². The number of hydrogen-bond donors (Lipinski definition) is 1. The number of ether oxygens (including phenoxy) is 1. The number of nitrogens with zero attached hydrogens (tertiary/aromatic N) is 3. The summed E-state index contributed by atoms with van der Waals surface area (Å²) in [5.41, 5.74) is 2.30. The molecule has 0 fully saturated rings. The Hall–Kier alpha value is -3.41. The fraction of sp³-hybridized carbons (Fsp3) is 0.190. The number of amides is 1. The van der Waals surface area contributed by atoms with Gasteiger partial charge in [-0.05, 0) is 36.8 Å². The number of methoxy groups -OCH3 is 1. The van der Waals surface area contributed by atoms with Crippen molar-refractivity contribution in [1.29, 1.82) is 0 Å². The predicted octanol–water partition coefficient (Wildman–Crippen LogP) is 3.57. The molecule has 1 aromatic heterocycles. The maximum atomic E-state index is 12.3. The van der Waals surface area contributed by atoms with Crippen LogP contribution in [0.5, 0.6) is 5.75 Å². The highest BCUT2D eigenvalue weighted by atomic mass is 16.5. The van der Waals surface area contributed by atoms with Gasteiger partial charge in [-0.15, -0.1) is 0 Å². The normalized spacial score (nSPS) is 10.3. The molecular formula is C21H22N4O2. The second-order valence-electron chi connectivity index (χ2n) is 5.87. The van der Waals surface area contributed by atoms with E-state index in [-0.39, 0.29) is 11.6 Å². The fourth-order valence-corrected chi connectivity index (χ4v) is 2.68. The van der Waals surface area contributed by atoms with Crippen molar-refractivity contribution in [3.63, 3.8) is 0 Å². The molecule has 27 heavy (non-hydrogen) atoms. The molecule has 0 radical (unpaired) electrons. The first kappa shape index (κ1) is 18.4. The topological polar surface area (TPSA) is 67.4 Å². The minimum Gasteiger partial charge on any atom is -0.497 e. The highest BCUT2D eigenvalue weighted by Crippen LogP contribution is 2.21. The van der Waals surface area contributed by atoms with Crippen molar-refractivity contribution in [2.24, 2.45) is 0 Å². The third-order valence-corrected chi connectivity index (χ3v) is 4.14. The lowest BCUT2D eigenvalue weighted by molar-refractivity contribution is 0.0945. The number of anilines is 2. The van der Waals surface area contributed by atoms with Gasteiger partial charge in [0.25, 0.3) is 5.91 Å². The first-order chi connectivity index (χ1) is 13.2.